The number of amides is 1. The summed E-state index contributed by atoms with van der Waals surface area (Å²) in [5.74, 6) is -0.0562. The molecule has 0 spiro atoms. The lowest BCUT2D eigenvalue weighted by atomic mass is 10.0. The molecule has 2 nitrogen and oxygen atoms in total. The number of fused-ring (bicyclic) bond motifs is 1. The molecule has 106 valence electrons. The van der Waals surface area contributed by atoms with Crippen LogP contribution in [0, 0.1) is 0 Å². The molecule has 0 saturated carbocycles. The van der Waals surface area contributed by atoms with Crippen LogP contribution in [-0.4, -0.2) is 5.91 Å². The number of halogens is 2. The predicted octanol–water partition coefficient (Wildman–Crippen LogP) is 5.36. The van der Waals surface area contributed by atoms with E-state index in [1.807, 2.05) is 30.3 Å². The number of thiophene rings is 1. The number of carbonyl (C=O) groups is 1. The molecular weight excluding hydrogens is 414 g/mol. The van der Waals surface area contributed by atoms with Gasteiger partial charge in [0.2, 0.25) is 0 Å². The van der Waals surface area contributed by atoms with Crippen molar-refractivity contribution >= 4 is 59.9 Å². The summed E-state index contributed by atoms with van der Waals surface area (Å²) in [5, 5.41) is 5.34. The average molecular weight is 425 g/mol. The standard InChI is InChI=1S/C16H11Br2NOS/c17-13-8-14(21-15(13)18)16(20)19-9-11-6-3-5-10-4-1-2-7-12(10)11/h1-8H,9H2,(H,19,20). The number of rotatable bonds is 3. The number of nitrogens with one attached hydrogen (secondary N) is 1. The first kappa shape index (κ1) is 14.8. The third-order valence-electron chi connectivity index (χ3n) is 3.19. The van der Waals surface area contributed by atoms with Crippen LogP contribution in [-0.2, 0) is 6.54 Å². The summed E-state index contributed by atoms with van der Waals surface area (Å²) in [6.45, 7) is 0.521. The Balaban J connectivity index is 1.79. The number of hydrogen-bond acceptors (Lipinski definition) is 2. The Bertz CT molecular complexity index is 788. The zero-order valence-corrected chi connectivity index (χ0v) is 14.9. The minimum atomic E-state index is -0.0562. The van der Waals surface area contributed by atoms with Crippen molar-refractivity contribution < 1.29 is 4.79 Å². The Morgan fingerprint density at radius 2 is 1.86 bits per heavy atom. The van der Waals surface area contributed by atoms with Crippen molar-refractivity contribution in [1.29, 1.82) is 0 Å². The highest BCUT2D eigenvalue weighted by atomic mass is 79.9. The summed E-state index contributed by atoms with van der Waals surface area (Å²) in [7, 11) is 0. The van der Waals surface area contributed by atoms with Gasteiger partial charge in [0.05, 0.1) is 8.66 Å². The average Bonchev–Trinajstić information content (AvgIpc) is 2.84. The maximum absolute atomic E-state index is 12.2. The van der Waals surface area contributed by atoms with Gasteiger partial charge in [0, 0.05) is 11.0 Å². The minimum Gasteiger partial charge on any atom is -0.347 e. The Morgan fingerprint density at radius 1 is 1.10 bits per heavy atom. The van der Waals surface area contributed by atoms with Crippen molar-refractivity contribution in [2.24, 2.45) is 0 Å². The van der Waals surface area contributed by atoms with Crippen LogP contribution < -0.4 is 5.32 Å². The maximum Gasteiger partial charge on any atom is 0.261 e. The molecule has 0 radical (unpaired) electrons. The SMILES string of the molecule is O=C(NCc1cccc2ccccc12)c1cc(Br)c(Br)s1. The third-order valence-corrected chi connectivity index (χ3v) is 6.44. The summed E-state index contributed by atoms with van der Waals surface area (Å²) in [6, 6.07) is 16.2. The van der Waals surface area contributed by atoms with E-state index in [1.54, 1.807) is 0 Å². The molecule has 5 heteroatoms. The third kappa shape index (κ3) is 3.20. The molecule has 2 aromatic carbocycles. The highest BCUT2D eigenvalue weighted by molar-refractivity contribution is 9.13. The predicted molar refractivity (Wildman–Crippen MR) is 94.8 cm³/mol. The Kier molecular flexibility index (Phi) is 4.42. The lowest BCUT2D eigenvalue weighted by Crippen LogP contribution is -2.21. The normalized spacial score (nSPS) is 10.8. The number of benzene rings is 2. The van der Waals surface area contributed by atoms with E-state index in [9.17, 15) is 4.79 Å². The first-order chi connectivity index (χ1) is 10.1. The van der Waals surface area contributed by atoms with Crippen LogP contribution >= 0.6 is 43.2 Å². The van der Waals surface area contributed by atoms with E-state index in [0.717, 1.165) is 13.8 Å². The van der Waals surface area contributed by atoms with Crippen LogP contribution in [0.3, 0.4) is 0 Å². The van der Waals surface area contributed by atoms with Gasteiger partial charge >= 0.3 is 0 Å². The lowest BCUT2D eigenvalue weighted by Gasteiger charge is -2.07. The molecule has 1 aromatic heterocycles. The minimum absolute atomic E-state index is 0.0562. The Hall–Kier alpha value is -1.17. The highest BCUT2D eigenvalue weighted by Gasteiger charge is 2.12. The maximum atomic E-state index is 12.2. The molecule has 3 aromatic rings. The molecule has 3 rings (SSSR count). The molecule has 21 heavy (non-hydrogen) atoms. The summed E-state index contributed by atoms with van der Waals surface area (Å²) in [6.07, 6.45) is 0. The van der Waals surface area contributed by atoms with E-state index in [2.05, 4.69) is 55.4 Å². The van der Waals surface area contributed by atoms with E-state index in [1.165, 1.54) is 22.1 Å². The van der Waals surface area contributed by atoms with Gasteiger partial charge in [-0.05, 0) is 54.3 Å². The van der Waals surface area contributed by atoms with Crippen molar-refractivity contribution in [3.63, 3.8) is 0 Å². The lowest BCUT2D eigenvalue weighted by molar-refractivity contribution is 0.0955. The van der Waals surface area contributed by atoms with Gasteiger partial charge in [-0.15, -0.1) is 11.3 Å². The van der Waals surface area contributed by atoms with Gasteiger partial charge in [-0.1, -0.05) is 42.5 Å². The monoisotopic (exact) mass is 423 g/mol. The quantitative estimate of drug-likeness (QED) is 0.602. The van der Waals surface area contributed by atoms with Crippen LogP contribution in [0.2, 0.25) is 0 Å². The van der Waals surface area contributed by atoms with Gasteiger partial charge in [-0.2, -0.15) is 0 Å². The van der Waals surface area contributed by atoms with Gasteiger partial charge in [0.15, 0.2) is 0 Å². The van der Waals surface area contributed by atoms with E-state index in [4.69, 9.17) is 0 Å². The molecule has 0 aliphatic rings. The van der Waals surface area contributed by atoms with Gasteiger partial charge in [-0.3, -0.25) is 4.79 Å². The fourth-order valence-electron chi connectivity index (χ4n) is 2.17. The van der Waals surface area contributed by atoms with Crippen molar-refractivity contribution in [1.82, 2.24) is 5.32 Å². The molecule has 0 atom stereocenters. The van der Waals surface area contributed by atoms with E-state index < -0.39 is 0 Å². The topological polar surface area (TPSA) is 29.1 Å². The van der Waals surface area contributed by atoms with Gasteiger partial charge in [0.25, 0.3) is 5.91 Å². The molecule has 0 unspecified atom stereocenters. The molecule has 0 aliphatic carbocycles. The zero-order valence-electron chi connectivity index (χ0n) is 10.9. The molecule has 1 N–H and O–H groups in total. The second kappa shape index (κ2) is 6.30. The van der Waals surface area contributed by atoms with Crippen molar-refractivity contribution in [2.45, 2.75) is 6.54 Å². The first-order valence-electron chi connectivity index (χ1n) is 6.35. The molecule has 1 amide bonds. The smallest absolute Gasteiger partial charge is 0.261 e. The molecule has 0 fully saturated rings. The van der Waals surface area contributed by atoms with Crippen LogP contribution in [0.1, 0.15) is 15.2 Å². The Labute approximate surface area is 143 Å². The summed E-state index contributed by atoms with van der Waals surface area (Å²) in [5.41, 5.74) is 1.12. The fourth-order valence-corrected chi connectivity index (χ4v) is 4.12. The summed E-state index contributed by atoms with van der Waals surface area (Å²) >= 11 is 8.22. The first-order valence-corrected chi connectivity index (χ1v) is 8.75. The molecule has 0 aliphatic heterocycles. The molecule has 0 saturated heterocycles. The Morgan fingerprint density at radius 3 is 2.62 bits per heavy atom. The summed E-state index contributed by atoms with van der Waals surface area (Å²) < 4.78 is 1.83. The van der Waals surface area contributed by atoms with E-state index in [0.29, 0.717) is 11.4 Å². The molecular formula is C16H11Br2NOS. The second-order valence-electron chi connectivity index (χ2n) is 4.55. The van der Waals surface area contributed by atoms with Crippen LogP contribution in [0.5, 0.6) is 0 Å². The number of carbonyl (C=O) groups excluding carboxylic acids is 1. The fraction of sp³-hybridized carbons (Fsp3) is 0.0625. The van der Waals surface area contributed by atoms with Crippen LogP contribution in [0.25, 0.3) is 10.8 Å². The van der Waals surface area contributed by atoms with Crippen molar-refractivity contribution in [2.75, 3.05) is 0 Å². The van der Waals surface area contributed by atoms with Crippen molar-refractivity contribution in [3.05, 3.63) is 67.2 Å². The second-order valence-corrected chi connectivity index (χ2v) is 7.78. The summed E-state index contributed by atoms with van der Waals surface area (Å²) in [4.78, 5) is 12.9. The van der Waals surface area contributed by atoms with Gasteiger partial charge in [-0.25, -0.2) is 0 Å². The zero-order chi connectivity index (χ0) is 14.8. The molecule has 1 heterocycles. The van der Waals surface area contributed by atoms with Crippen LogP contribution in [0.4, 0.5) is 0 Å². The molecule has 0 bridgehead atoms. The van der Waals surface area contributed by atoms with E-state index >= 15 is 0 Å². The van der Waals surface area contributed by atoms with Gasteiger partial charge < -0.3 is 5.32 Å². The number of hydrogen-bond donors (Lipinski definition) is 1. The van der Waals surface area contributed by atoms with Crippen LogP contribution in [0.15, 0.2) is 56.8 Å². The highest BCUT2D eigenvalue weighted by Crippen LogP contribution is 2.32. The largest absolute Gasteiger partial charge is 0.347 e. The van der Waals surface area contributed by atoms with Crippen molar-refractivity contribution in [3.8, 4) is 0 Å². The van der Waals surface area contributed by atoms with Gasteiger partial charge in [0.1, 0.15) is 0 Å². The van der Waals surface area contributed by atoms with E-state index in [-0.39, 0.29) is 5.91 Å².